The molecule has 1 N–H and O–H groups in total. The second kappa shape index (κ2) is 6.69. The van der Waals surface area contributed by atoms with Crippen molar-refractivity contribution < 1.29 is 9.53 Å². The van der Waals surface area contributed by atoms with Crippen molar-refractivity contribution in [3.05, 3.63) is 0 Å². The van der Waals surface area contributed by atoms with E-state index >= 15 is 0 Å². The first-order valence-electron chi connectivity index (χ1n) is 5.72. The number of ether oxygens (including phenoxy) is 1. The van der Waals surface area contributed by atoms with Crippen LogP contribution >= 0.6 is 11.8 Å². The van der Waals surface area contributed by atoms with E-state index in [9.17, 15) is 4.79 Å². The normalized spacial score (nSPS) is 14.2. The van der Waals surface area contributed by atoms with E-state index < -0.39 is 5.54 Å². The number of nitrogens with one attached hydrogen (secondary N) is 1. The minimum Gasteiger partial charge on any atom is -0.468 e. The maximum Gasteiger partial charge on any atom is 0.326 e. The third-order valence-corrected chi connectivity index (χ3v) is 3.80. The number of hydrogen-bond donors (Lipinski definition) is 1. The summed E-state index contributed by atoms with van der Waals surface area (Å²) in [7, 11) is 3.15. The van der Waals surface area contributed by atoms with Gasteiger partial charge in [-0.15, -0.1) is 5.10 Å². The van der Waals surface area contributed by atoms with E-state index in [4.69, 9.17) is 4.74 Å². The summed E-state index contributed by atoms with van der Waals surface area (Å²) in [6, 6.07) is 0. The van der Waals surface area contributed by atoms with Gasteiger partial charge in [-0.2, -0.15) is 0 Å². The Morgan fingerprint density at radius 2 is 2.33 bits per heavy atom. The number of aryl methyl sites for hydroxylation is 1. The lowest BCUT2D eigenvalue weighted by Crippen LogP contribution is -2.52. The lowest BCUT2D eigenvalue weighted by molar-refractivity contribution is -0.146. The fourth-order valence-electron chi connectivity index (χ4n) is 1.36. The average molecular weight is 273 g/mol. The van der Waals surface area contributed by atoms with Gasteiger partial charge >= 0.3 is 5.97 Å². The molecule has 1 heterocycles. The lowest BCUT2D eigenvalue weighted by atomic mass is 10.1. The topological polar surface area (TPSA) is 81.9 Å². The molecule has 1 rings (SSSR count). The molecule has 0 saturated heterocycles. The van der Waals surface area contributed by atoms with E-state index in [0.29, 0.717) is 10.9 Å². The Morgan fingerprint density at radius 3 is 2.83 bits per heavy atom. The van der Waals surface area contributed by atoms with Crippen molar-refractivity contribution in [2.75, 3.05) is 19.4 Å². The van der Waals surface area contributed by atoms with Gasteiger partial charge < -0.3 is 10.1 Å². The van der Waals surface area contributed by atoms with E-state index in [0.717, 1.165) is 13.0 Å². The highest BCUT2D eigenvalue weighted by atomic mass is 32.2. The van der Waals surface area contributed by atoms with Gasteiger partial charge in [0.05, 0.1) is 7.11 Å². The van der Waals surface area contributed by atoms with Gasteiger partial charge in [0.1, 0.15) is 5.54 Å². The molecular formula is C10H19N5O2S. The summed E-state index contributed by atoms with van der Waals surface area (Å²) < 4.78 is 6.41. The molecule has 1 aromatic rings. The van der Waals surface area contributed by atoms with E-state index in [2.05, 4.69) is 20.8 Å². The predicted octanol–water partition coefficient (Wildman–Crippen LogP) is 0.233. The molecule has 8 heteroatoms. The second-order valence-electron chi connectivity index (χ2n) is 4.12. The molecule has 0 aliphatic carbocycles. The number of aromatic nitrogens is 4. The lowest BCUT2D eigenvalue weighted by Gasteiger charge is -2.27. The number of carbonyl (C=O) groups excluding carboxylic acids is 1. The van der Waals surface area contributed by atoms with Crippen LogP contribution in [0.25, 0.3) is 0 Å². The van der Waals surface area contributed by atoms with Gasteiger partial charge in [0.25, 0.3) is 0 Å². The van der Waals surface area contributed by atoms with Crippen LogP contribution in [-0.4, -0.2) is 51.1 Å². The fourth-order valence-corrected chi connectivity index (χ4v) is 2.32. The SMILES string of the molecule is CCCNC(C)(CSc1nnnn1C)C(=O)OC. The number of hydrogen-bond acceptors (Lipinski definition) is 7. The number of thioether (sulfide) groups is 1. The number of nitrogens with zero attached hydrogens (tertiary/aromatic N) is 4. The minimum absolute atomic E-state index is 0.279. The summed E-state index contributed by atoms with van der Waals surface area (Å²) in [6.45, 7) is 4.62. The standard InChI is InChI=1S/C10H19N5O2S/c1-5-6-11-10(2,8(16)17-4)7-18-9-12-13-14-15(9)3/h11H,5-7H2,1-4H3. The van der Waals surface area contributed by atoms with Crippen LogP contribution < -0.4 is 5.32 Å². The van der Waals surface area contributed by atoms with Gasteiger partial charge in [-0.25, -0.2) is 4.68 Å². The van der Waals surface area contributed by atoms with Gasteiger partial charge in [-0.1, -0.05) is 18.7 Å². The molecule has 1 aromatic heterocycles. The van der Waals surface area contributed by atoms with Crippen LogP contribution in [0.2, 0.25) is 0 Å². The van der Waals surface area contributed by atoms with Crippen LogP contribution in [0, 0.1) is 0 Å². The first kappa shape index (κ1) is 14.9. The quantitative estimate of drug-likeness (QED) is 0.562. The van der Waals surface area contributed by atoms with Crippen molar-refractivity contribution in [3.8, 4) is 0 Å². The van der Waals surface area contributed by atoms with Crippen LogP contribution in [0.1, 0.15) is 20.3 Å². The second-order valence-corrected chi connectivity index (χ2v) is 5.07. The monoisotopic (exact) mass is 273 g/mol. The van der Waals surface area contributed by atoms with E-state index in [1.165, 1.54) is 18.9 Å². The van der Waals surface area contributed by atoms with Gasteiger partial charge in [0.15, 0.2) is 0 Å². The van der Waals surface area contributed by atoms with Crippen LogP contribution in [0.3, 0.4) is 0 Å². The Labute approximate surface area is 111 Å². The first-order chi connectivity index (χ1) is 8.53. The van der Waals surface area contributed by atoms with E-state index in [1.807, 2.05) is 13.8 Å². The molecule has 0 amide bonds. The van der Waals surface area contributed by atoms with Gasteiger partial charge in [-0.05, 0) is 30.3 Å². The summed E-state index contributed by atoms with van der Waals surface area (Å²) in [5, 5.41) is 15.0. The summed E-state index contributed by atoms with van der Waals surface area (Å²) >= 11 is 1.42. The third kappa shape index (κ3) is 3.67. The molecular weight excluding hydrogens is 254 g/mol. The van der Waals surface area contributed by atoms with Crippen LogP contribution in [0.4, 0.5) is 0 Å². The number of tetrazole rings is 1. The highest BCUT2D eigenvalue weighted by Crippen LogP contribution is 2.20. The van der Waals surface area contributed by atoms with Crippen LogP contribution in [0.15, 0.2) is 5.16 Å². The van der Waals surface area contributed by atoms with Crippen molar-refractivity contribution in [1.82, 2.24) is 25.5 Å². The highest BCUT2D eigenvalue weighted by Gasteiger charge is 2.34. The third-order valence-electron chi connectivity index (χ3n) is 2.47. The summed E-state index contributed by atoms with van der Waals surface area (Å²) in [6.07, 6.45) is 0.947. The maximum absolute atomic E-state index is 11.8. The van der Waals surface area contributed by atoms with Gasteiger partial charge in [-0.3, -0.25) is 4.79 Å². The molecule has 0 fully saturated rings. The smallest absolute Gasteiger partial charge is 0.326 e. The molecule has 0 saturated carbocycles. The minimum atomic E-state index is -0.735. The Balaban J connectivity index is 2.67. The van der Waals surface area contributed by atoms with Gasteiger partial charge in [0, 0.05) is 12.8 Å². The molecule has 1 unspecified atom stereocenters. The number of esters is 1. The Hall–Kier alpha value is -1.15. The number of methoxy groups -OCH3 is 1. The zero-order valence-corrected chi connectivity index (χ0v) is 12.0. The highest BCUT2D eigenvalue weighted by molar-refractivity contribution is 7.99. The molecule has 0 aliphatic rings. The predicted molar refractivity (Wildman–Crippen MR) is 68.2 cm³/mol. The average Bonchev–Trinajstić information content (AvgIpc) is 2.78. The molecule has 0 bridgehead atoms. The molecule has 0 aliphatic heterocycles. The molecule has 0 spiro atoms. The number of carbonyl (C=O) groups is 1. The van der Waals surface area contributed by atoms with Crippen LogP contribution in [-0.2, 0) is 16.6 Å². The van der Waals surface area contributed by atoms with Crippen molar-refractivity contribution in [1.29, 1.82) is 0 Å². The Kier molecular flexibility index (Phi) is 5.54. The van der Waals surface area contributed by atoms with Crippen molar-refractivity contribution in [3.63, 3.8) is 0 Å². The Morgan fingerprint density at radius 1 is 1.61 bits per heavy atom. The van der Waals surface area contributed by atoms with Crippen molar-refractivity contribution in [2.24, 2.45) is 7.05 Å². The summed E-state index contributed by atoms with van der Waals surface area (Å²) in [5.41, 5.74) is -0.735. The maximum atomic E-state index is 11.8. The van der Waals surface area contributed by atoms with E-state index in [-0.39, 0.29) is 5.97 Å². The van der Waals surface area contributed by atoms with Crippen LogP contribution in [0.5, 0.6) is 0 Å². The molecule has 1 atom stereocenters. The largest absolute Gasteiger partial charge is 0.468 e. The fraction of sp³-hybridized carbons (Fsp3) is 0.800. The Bertz CT molecular complexity index is 397. The zero-order valence-electron chi connectivity index (χ0n) is 11.1. The molecule has 0 radical (unpaired) electrons. The van der Waals surface area contributed by atoms with Crippen molar-refractivity contribution in [2.45, 2.75) is 31.0 Å². The zero-order chi connectivity index (χ0) is 13.6. The van der Waals surface area contributed by atoms with Crippen molar-refractivity contribution >= 4 is 17.7 Å². The van der Waals surface area contributed by atoms with E-state index in [1.54, 1.807) is 11.7 Å². The van der Waals surface area contributed by atoms with Gasteiger partial charge in [0.2, 0.25) is 5.16 Å². The molecule has 7 nitrogen and oxygen atoms in total. The molecule has 18 heavy (non-hydrogen) atoms. The first-order valence-corrected chi connectivity index (χ1v) is 6.70. The number of rotatable bonds is 7. The molecule has 0 aromatic carbocycles. The molecule has 102 valence electrons. The summed E-state index contributed by atoms with van der Waals surface area (Å²) in [4.78, 5) is 11.8. The summed E-state index contributed by atoms with van der Waals surface area (Å²) in [5.74, 6) is 0.229.